The number of carbonyl (C=O) groups excluding carboxylic acids is 1. The number of anilines is 1. The van der Waals surface area contributed by atoms with Gasteiger partial charge in [0.2, 0.25) is 0 Å². The van der Waals surface area contributed by atoms with Crippen LogP contribution in [-0.2, 0) is 0 Å². The van der Waals surface area contributed by atoms with Gasteiger partial charge in [0.25, 0.3) is 5.91 Å². The molecule has 0 spiro atoms. The Morgan fingerprint density at radius 3 is 2.70 bits per heavy atom. The Morgan fingerprint density at radius 2 is 2.00 bits per heavy atom. The fraction of sp³-hybridized carbons (Fsp3) is 0.143. The van der Waals surface area contributed by atoms with Crippen LogP contribution in [0, 0.1) is 13.8 Å². The predicted molar refractivity (Wildman–Crippen MR) is 86.4 cm³/mol. The molecule has 3 aromatic rings. The van der Waals surface area contributed by atoms with E-state index in [1.165, 1.54) is 28.2 Å². The van der Waals surface area contributed by atoms with Crippen LogP contribution in [0.4, 0.5) is 5.13 Å². The zero-order valence-electron chi connectivity index (χ0n) is 10.9. The van der Waals surface area contributed by atoms with Crippen LogP contribution >= 0.6 is 34.3 Å². The van der Waals surface area contributed by atoms with Gasteiger partial charge in [0, 0.05) is 0 Å². The Morgan fingerprint density at radius 1 is 1.20 bits per heavy atom. The Kier molecular flexibility index (Phi) is 3.50. The highest BCUT2D eigenvalue weighted by Gasteiger charge is 2.13. The van der Waals surface area contributed by atoms with Crippen molar-refractivity contribution in [3.8, 4) is 0 Å². The first-order valence-electron chi connectivity index (χ1n) is 5.98. The van der Waals surface area contributed by atoms with Gasteiger partial charge < -0.3 is 0 Å². The molecule has 0 aliphatic heterocycles. The molecule has 0 aliphatic rings. The molecule has 0 bridgehead atoms. The lowest BCUT2D eigenvalue weighted by Crippen LogP contribution is -2.09. The average Bonchev–Trinajstić information content (AvgIpc) is 3.00. The van der Waals surface area contributed by atoms with E-state index in [1.807, 2.05) is 13.0 Å². The van der Waals surface area contributed by atoms with Gasteiger partial charge in [0.1, 0.15) is 0 Å². The van der Waals surface area contributed by atoms with E-state index in [0.29, 0.717) is 14.3 Å². The average molecular weight is 323 g/mol. The van der Waals surface area contributed by atoms with Gasteiger partial charge in [-0.05, 0) is 43.2 Å². The number of carbonyl (C=O) groups is 1. The third kappa shape index (κ3) is 2.44. The first kappa shape index (κ1) is 13.5. The van der Waals surface area contributed by atoms with Crippen LogP contribution < -0.4 is 5.32 Å². The standard InChI is InChI=1S/C14H11ClN2OS2/c1-7-3-4-9-12(8(7)2)16-14(20-9)17-13(18)10-5-6-11(15)19-10/h3-6H,1-2H3,(H,16,17,18). The quantitative estimate of drug-likeness (QED) is 0.730. The molecule has 0 unspecified atom stereocenters. The number of aryl methyl sites for hydroxylation is 2. The first-order valence-corrected chi connectivity index (χ1v) is 7.99. The maximum Gasteiger partial charge on any atom is 0.267 e. The molecule has 2 heterocycles. The molecule has 3 nitrogen and oxygen atoms in total. The molecular weight excluding hydrogens is 312 g/mol. The van der Waals surface area contributed by atoms with Gasteiger partial charge in [-0.25, -0.2) is 4.98 Å². The summed E-state index contributed by atoms with van der Waals surface area (Å²) < 4.78 is 1.68. The second-order valence-corrected chi connectivity index (χ2v) is 7.18. The maximum absolute atomic E-state index is 12.1. The van der Waals surface area contributed by atoms with E-state index < -0.39 is 0 Å². The number of thiazole rings is 1. The number of hydrogen-bond donors (Lipinski definition) is 1. The largest absolute Gasteiger partial charge is 0.297 e. The van der Waals surface area contributed by atoms with E-state index in [-0.39, 0.29) is 5.91 Å². The monoisotopic (exact) mass is 322 g/mol. The molecule has 0 aliphatic carbocycles. The topological polar surface area (TPSA) is 42.0 Å². The number of aromatic nitrogens is 1. The number of halogens is 1. The smallest absolute Gasteiger partial charge is 0.267 e. The van der Waals surface area contributed by atoms with E-state index in [0.717, 1.165) is 15.8 Å². The van der Waals surface area contributed by atoms with Gasteiger partial charge in [-0.15, -0.1) is 11.3 Å². The van der Waals surface area contributed by atoms with E-state index in [2.05, 4.69) is 23.3 Å². The van der Waals surface area contributed by atoms with Gasteiger partial charge in [-0.2, -0.15) is 0 Å². The van der Waals surface area contributed by atoms with Crippen LogP contribution in [0.5, 0.6) is 0 Å². The molecule has 0 atom stereocenters. The molecule has 6 heteroatoms. The van der Waals surface area contributed by atoms with Crippen molar-refractivity contribution < 1.29 is 4.79 Å². The van der Waals surface area contributed by atoms with Gasteiger partial charge in [-0.3, -0.25) is 10.1 Å². The van der Waals surface area contributed by atoms with Crippen molar-refractivity contribution in [3.05, 3.63) is 44.6 Å². The van der Waals surface area contributed by atoms with E-state index >= 15 is 0 Å². The molecular formula is C14H11ClN2OS2. The summed E-state index contributed by atoms with van der Waals surface area (Å²) in [5.41, 5.74) is 3.30. The number of thiophene rings is 1. The van der Waals surface area contributed by atoms with Crippen LogP contribution in [-0.4, -0.2) is 10.9 Å². The Hall–Kier alpha value is -1.43. The summed E-state index contributed by atoms with van der Waals surface area (Å²) in [5, 5.41) is 3.44. The minimum Gasteiger partial charge on any atom is -0.297 e. The number of rotatable bonds is 2. The maximum atomic E-state index is 12.1. The Balaban J connectivity index is 1.92. The Bertz CT molecular complexity index is 807. The predicted octanol–water partition coefficient (Wildman–Crippen LogP) is 4.88. The third-order valence-electron chi connectivity index (χ3n) is 3.10. The number of benzene rings is 1. The van der Waals surface area contributed by atoms with Gasteiger partial charge in [0.15, 0.2) is 5.13 Å². The normalized spacial score (nSPS) is 10.9. The summed E-state index contributed by atoms with van der Waals surface area (Å²) >= 11 is 8.57. The molecule has 1 aromatic carbocycles. The highest BCUT2D eigenvalue weighted by molar-refractivity contribution is 7.22. The van der Waals surface area contributed by atoms with Crippen LogP contribution in [0.25, 0.3) is 10.2 Å². The van der Waals surface area contributed by atoms with Crippen molar-refractivity contribution in [1.82, 2.24) is 4.98 Å². The summed E-state index contributed by atoms with van der Waals surface area (Å²) in [7, 11) is 0. The first-order chi connectivity index (χ1) is 9.54. The van der Waals surface area contributed by atoms with Crippen LogP contribution in [0.3, 0.4) is 0 Å². The lowest BCUT2D eigenvalue weighted by molar-refractivity contribution is 0.103. The van der Waals surface area contributed by atoms with Gasteiger partial charge in [-0.1, -0.05) is 29.0 Å². The molecule has 0 radical (unpaired) electrons. The zero-order valence-corrected chi connectivity index (χ0v) is 13.2. The third-order valence-corrected chi connectivity index (χ3v) is 5.27. The number of amides is 1. The van der Waals surface area contributed by atoms with Crippen LogP contribution in [0.2, 0.25) is 4.34 Å². The zero-order chi connectivity index (χ0) is 14.3. The summed E-state index contributed by atoms with van der Waals surface area (Å²) in [6, 6.07) is 7.53. The van der Waals surface area contributed by atoms with Crippen molar-refractivity contribution in [2.75, 3.05) is 5.32 Å². The van der Waals surface area contributed by atoms with Crippen LogP contribution in [0.15, 0.2) is 24.3 Å². The van der Waals surface area contributed by atoms with E-state index in [1.54, 1.807) is 12.1 Å². The molecule has 3 rings (SSSR count). The molecule has 0 fully saturated rings. The molecule has 1 N–H and O–H groups in total. The molecule has 20 heavy (non-hydrogen) atoms. The summed E-state index contributed by atoms with van der Waals surface area (Å²) in [6.45, 7) is 4.10. The van der Waals surface area contributed by atoms with Crippen molar-refractivity contribution >= 4 is 55.5 Å². The number of nitrogens with one attached hydrogen (secondary N) is 1. The van der Waals surface area contributed by atoms with E-state index in [9.17, 15) is 4.79 Å². The van der Waals surface area contributed by atoms with Crippen molar-refractivity contribution in [1.29, 1.82) is 0 Å². The number of fused-ring (bicyclic) bond motifs is 1. The molecule has 2 aromatic heterocycles. The minimum atomic E-state index is -0.171. The van der Waals surface area contributed by atoms with E-state index in [4.69, 9.17) is 11.6 Å². The highest BCUT2D eigenvalue weighted by atomic mass is 35.5. The molecule has 0 saturated heterocycles. The molecule has 102 valence electrons. The Labute approximate surface area is 129 Å². The fourth-order valence-corrected chi connectivity index (χ4v) is 3.73. The summed E-state index contributed by atoms with van der Waals surface area (Å²) in [5.74, 6) is -0.171. The second-order valence-electron chi connectivity index (χ2n) is 4.43. The second kappa shape index (κ2) is 5.16. The fourth-order valence-electron chi connectivity index (χ4n) is 1.87. The van der Waals surface area contributed by atoms with Crippen LogP contribution in [0.1, 0.15) is 20.8 Å². The SMILES string of the molecule is Cc1ccc2sc(NC(=O)c3ccc(Cl)s3)nc2c1C. The lowest BCUT2D eigenvalue weighted by atomic mass is 10.1. The molecule has 1 amide bonds. The van der Waals surface area contributed by atoms with Crippen molar-refractivity contribution in [2.45, 2.75) is 13.8 Å². The number of nitrogens with zero attached hydrogens (tertiary/aromatic N) is 1. The summed E-state index contributed by atoms with van der Waals surface area (Å²) in [6.07, 6.45) is 0. The molecule has 0 saturated carbocycles. The van der Waals surface area contributed by atoms with Crippen molar-refractivity contribution in [2.24, 2.45) is 0 Å². The number of hydrogen-bond acceptors (Lipinski definition) is 4. The summed E-state index contributed by atoms with van der Waals surface area (Å²) in [4.78, 5) is 17.2. The van der Waals surface area contributed by atoms with Gasteiger partial charge >= 0.3 is 0 Å². The van der Waals surface area contributed by atoms with Crippen molar-refractivity contribution in [3.63, 3.8) is 0 Å². The van der Waals surface area contributed by atoms with Gasteiger partial charge in [0.05, 0.1) is 19.4 Å². The lowest BCUT2D eigenvalue weighted by Gasteiger charge is -1.98. The highest BCUT2D eigenvalue weighted by Crippen LogP contribution is 2.30. The minimum absolute atomic E-state index is 0.171.